The lowest BCUT2D eigenvalue weighted by atomic mass is 10.0. The lowest BCUT2D eigenvalue weighted by molar-refractivity contribution is 0.197. The molecule has 0 bridgehead atoms. The van der Waals surface area contributed by atoms with Gasteiger partial charge in [0.05, 0.1) is 11.7 Å². The van der Waals surface area contributed by atoms with E-state index in [1.807, 2.05) is 35.0 Å². The Balaban J connectivity index is 1.69. The van der Waals surface area contributed by atoms with Crippen LogP contribution in [0.15, 0.2) is 103 Å². The van der Waals surface area contributed by atoms with E-state index >= 15 is 0 Å². The molecule has 0 saturated carbocycles. The van der Waals surface area contributed by atoms with E-state index in [9.17, 15) is 0 Å². The zero-order chi connectivity index (χ0) is 24.9. The van der Waals surface area contributed by atoms with Crippen LogP contribution in [0.5, 0.6) is 0 Å². The topological polar surface area (TPSA) is 46.8 Å². The smallest absolute Gasteiger partial charge is 0.178 e. The van der Waals surface area contributed by atoms with Gasteiger partial charge in [-0.25, -0.2) is 0 Å². The molecule has 0 radical (unpaired) electrons. The highest BCUT2D eigenvalue weighted by atomic mass is 35.5. The Hall–Kier alpha value is -3.80. The molecule has 1 heterocycles. The van der Waals surface area contributed by atoms with Crippen LogP contribution in [-0.4, -0.2) is 25.1 Å². The van der Waals surface area contributed by atoms with E-state index < -0.39 is 0 Å². The Kier molecular flexibility index (Phi) is 7.21. The fourth-order valence-electron chi connectivity index (χ4n) is 4.73. The average Bonchev–Trinajstić information content (AvgIpc) is 3.35. The van der Waals surface area contributed by atoms with E-state index in [2.05, 4.69) is 107 Å². The number of tetrazole rings is 1. The Morgan fingerprint density at radius 2 is 1.28 bits per heavy atom. The van der Waals surface area contributed by atoms with Crippen molar-refractivity contribution in [1.82, 2.24) is 25.1 Å². The van der Waals surface area contributed by atoms with Crippen LogP contribution in [0.25, 0.3) is 5.69 Å². The molecule has 180 valence electrons. The van der Waals surface area contributed by atoms with Gasteiger partial charge in [-0.1, -0.05) is 109 Å². The van der Waals surface area contributed by atoms with E-state index in [0.717, 1.165) is 28.2 Å². The minimum atomic E-state index is -0.284. The summed E-state index contributed by atoms with van der Waals surface area (Å²) >= 11 is 6.84. The zero-order valence-electron chi connectivity index (χ0n) is 20.4. The highest BCUT2D eigenvalue weighted by Crippen LogP contribution is 2.35. The third-order valence-corrected chi connectivity index (χ3v) is 6.76. The average molecular weight is 494 g/mol. The number of hydrogen-bond donors (Lipinski definition) is 0. The van der Waals surface area contributed by atoms with Crippen LogP contribution in [0, 0.1) is 13.8 Å². The second-order valence-electron chi connectivity index (χ2n) is 8.99. The summed E-state index contributed by atoms with van der Waals surface area (Å²) in [6.45, 7) is 5.57. The van der Waals surface area contributed by atoms with Gasteiger partial charge in [0.25, 0.3) is 0 Å². The molecule has 0 aliphatic carbocycles. The minimum absolute atomic E-state index is 0.284. The van der Waals surface area contributed by atoms with E-state index in [1.165, 1.54) is 11.1 Å². The first-order valence-electron chi connectivity index (χ1n) is 12.0. The van der Waals surface area contributed by atoms with Crippen LogP contribution in [0.2, 0.25) is 5.02 Å². The third-order valence-electron chi connectivity index (χ3n) is 6.41. The molecule has 0 aliphatic rings. The quantitative estimate of drug-likeness (QED) is 0.240. The summed E-state index contributed by atoms with van der Waals surface area (Å²) < 4.78 is 1.88. The number of para-hydroxylation sites is 1. The molecule has 5 nitrogen and oxygen atoms in total. The predicted octanol–water partition coefficient (Wildman–Crippen LogP) is 6.72. The van der Waals surface area contributed by atoms with Crippen molar-refractivity contribution in [3.8, 4) is 5.69 Å². The van der Waals surface area contributed by atoms with E-state index in [0.29, 0.717) is 18.1 Å². The van der Waals surface area contributed by atoms with Gasteiger partial charge < -0.3 is 0 Å². The summed E-state index contributed by atoms with van der Waals surface area (Å²) in [6.07, 6.45) is 0. The summed E-state index contributed by atoms with van der Waals surface area (Å²) in [5.74, 6) is 0.729. The highest BCUT2D eigenvalue weighted by Gasteiger charge is 2.31. The Bertz CT molecular complexity index is 1370. The van der Waals surface area contributed by atoms with Crippen molar-refractivity contribution in [2.75, 3.05) is 0 Å². The van der Waals surface area contributed by atoms with Gasteiger partial charge in [-0.15, -0.1) is 5.10 Å². The molecule has 36 heavy (non-hydrogen) atoms. The van der Waals surface area contributed by atoms with Crippen molar-refractivity contribution in [2.45, 2.75) is 33.0 Å². The molecule has 5 aromatic rings. The van der Waals surface area contributed by atoms with Gasteiger partial charge in [-0.05, 0) is 58.2 Å². The van der Waals surface area contributed by atoms with Crippen LogP contribution in [0.4, 0.5) is 0 Å². The summed E-state index contributed by atoms with van der Waals surface area (Å²) in [7, 11) is 0. The zero-order valence-corrected chi connectivity index (χ0v) is 21.2. The summed E-state index contributed by atoms with van der Waals surface area (Å²) in [5.41, 5.74) is 6.59. The highest BCUT2D eigenvalue weighted by molar-refractivity contribution is 6.31. The van der Waals surface area contributed by atoms with E-state index in [-0.39, 0.29) is 6.04 Å². The Morgan fingerprint density at radius 3 is 1.86 bits per heavy atom. The number of aromatic nitrogens is 4. The molecule has 0 fully saturated rings. The molecule has 0 N–H and O–H groups in total. The van der Waals surface area contributed by atoms with Crippen molar-refractivity contribution in [2.24, 2.45) is 0 Å². The van der Waals surface area contributed by atoms with Crippen molar-refractivity contribution < 1.29 is 0 Å². The molecular weight excluding hydrogens is 466 g/mol. The fraction of sp³-hybridized carbons (Fsp3) is 0.167. The van der Waals surface area contributed by atoms with Crippen LogP contribution in [0.3, 0.4) is 0 Å². The van der Waals surface area contributed by atoms with Crippen LogP contribution in [0.1, 0.15) is 39.7 Å². The van der Waals surface area contributed by atoms with Crippen molar-refractivity contribution in [3.05, 3.63) is 142 Å². The molecule has 6 heteroatoms. The molecule has 0 unspecified atom stereocenters. The van der Waals surface area contributed by atoms with E-state index in [4.69, 9.17) is 11.6 Å². The van der Waals surface area contributed by atoms with Gasteiger partial charge >= 0.3 is 0 Å². The summed E-state index contributed by atoms with van der Waals surface area (Å²) in [6, 6.07) is 34.9. The lowest BCUT2D eigenvalue weighted by Crippen LogP contribution is -2.31. The Morgan fingerprint density at radius 1 is 0.722 bits per heavy atom. The molecule has 0 aliphatic heterocycles. The number of halogens is 1. The second kappa shape index (κ2) is 10.9. The standard InChI is InChI=1S/C30H28ClN5/c1-22-12-11-13-23(2)28(22)36-30(32-33-34-36)29(26-18-9-10-19-27(26)31)35(20-24-14-5-3-6-15-24)21-25-16-7-4-8-17-25/h3-19,29H,20-21H2,1-2H3/t29-/m0/s1. The van der Waals surface area contributed by atoms with Gasteiger partial charge in [0.1, 0.15) is 0 Å². The molecule has 1 atom stereocenters. The minimum Gasteiger partial charge on any atom is -0.281 e. The first-order chi connectivity index (χ1) is 17.6. The van der Waals surface area contributed by atoms with Crippen LogP contribution in [-0.2, 0) is 13.1 Å². The van der Waals surface area contributed by atoms with Gasteiger partial charge in [-0.3, -0.25) is 4.90 Å². The SMILES string of the molecule is Cc1cccc(C)c1-n1nnnc1[C@H](c1ccccc1Cl)N(Cc1ccccc1)Cc1ccccc1. The maximum Gasteiger partial charge on any atom is 0.178 e. The molecule has 0 amide bonds. The largest absolute Gasteiger partial charge is 0.281 e. The second-order valence-corrected chi connectivity index (χ2v) is 9.40. The van der Waals surface area contributed by atoms with Crippen LogP contribution >= 0.6 is 11.6 Å². The lowest BCUT2D eigenvalue weighted by Gasteiger charge is -2.32. The normalized spacial score (nSPS) is 12.1. The molecule has 0 saturated heterocycles. The van der Waals surface area contributed by atoms with Crippen LogP contribution < -0.4 is 0 Å². The number of benzene rings is 4. The van der Waals surface area contributed by atoms with Crippen molar-refractivity contribution >= 4 is 11.6 Å². The fourth-order valence-corrected chi connectivity index (χ4v) is 4.97. The van der Waals surface area contributed by atoms with Gasteiger partial charge in [0, 0.05) is 18.1 Å². The van der Waals surface area contributed by atoms with Gasteiger partial charge in [-0.2, -0.15) is 4.68 Å². The third kappa shape index (κ3) is 5.08. The molecular formula is C30H28ClN5. The summed E-state index contributed by atoms with van der Waals surface area (Å²) in [5, 5.41) is 13.9. The van der Waals surface area contributed by atoms with Crippen molar-refractivity contribution in [3.63, 3.8) is 0 Å². The van der Waals surface area contributed by atoms with Gasteiger partial charge in [0.2, 0.25) is 0 Å². The number of rotatable bonds is 8. The predicted molar refractivity (Wildman–Crippen MR) is 144 cm³/mol. The molecule has 4 aromatic carbocycles. The monoisotopic (exact) mass is 493 g/mol. The number of nitrogens with zero attached hydrogens (tertiary/aromatic N) is 5. The first-order valence-corrected chi connectivity index (χ1v) is 12.4. The number of aryl methyl sites for hydroxylation is 2. The maximum absolute atomic E-state index is 6.84. The van der Waals surface area contributed by atoms with Crippen molar-refractivity contribution in [1.29, 1.82) is 0 Å². The first kappa shape index (κ1) is 23.9. The molecule has 5 rings (SSSR count). The van der Waals surface area contributed by atoms with Gasteiger partial charge in [0.15, 0.2) is 5.82 Å². The summed E-state index contributed by atoms with van der Waals surface area (Å²) in [4.78, 5) is 2.39. The number of hydrogen-bond acceptors (Lipinski definition) is 4. The molecule has 0 spiro atoms. The maximum atomic E-state index is 6.84. The molecule has 1 aromatic heterocycles. The Labute approximate surface area is 217 Å². The van der Waals surface area contributed by atoms with E-state index in [1.54, 1.807) is 0 Å².